The SMILES string of the molecule is O=C1CCC(COc2cc(Oc3ccc(-c4nnc5n4CCCC5)cc3)cc(C(=O)Nc3nccs3)c2)C1. The Balaban J connectivity index is 1.21. The number of thiazole rings is 1. The number of hydrogen-bond acceptors (Lipinski definition) is 8. The smallest absolute Gasteiger partial charge is 0.257 e. The Morgan fingerprint density at radius 3 is 2.71 bits per heavy atom. The van der Waals surface area contributed by atoms with Gasteiger partial charge in [-0.2, -0.15) is 0 Å². The van der Waals surface area contributed by atoms with Crippen molar-refractivity contribution in [1.82, 2.24) is 19.7 Å². The molecule has 3 heterocycles. The second-order valence-electron chi connectivity index (χ2n) is 9.62. The van der Waals surface area contributed by atoms with Gasteiger partial charge in [0.1, 0.15) is 28.9 Å². The van der Waals surface area contributed by atoms with E-state index in [9.17, 15) is 9.59 Å². The number of aromatic nitrogens is 4. The monoisotopic (exact) mass is 529 g/mol. The maximum absolute atomic E-state index is 13.0. The average Bonchev–Trinajstić information content (AvgIpc) is 3.69. The molecule has 2 aromatic carbocycles. The van der Waals surface area contributed by atoms with Crippen LogP contribution in [-0.4, -0.2) is 38.0 Å². The molecule has 0 saturated heterocycles. The molecule has 1 atom stereocenters. The summed E-state index contributed by atoms with van der Waals surface area (Å²) in [7, 11) is 0. The number of benzene rings is 2. The number of amides is 1. The number of Topliss-reactive ketones (excluding diaryl/α,β-unsaturated/α-hetero) is 1. The van der Waals surface area contributed by atoms with Gasteiger partial charge >= 0.3 is 0 Å². The minimum Gasteiger partial charge on any atom is -0.493 e. The predicted molar refractivity (Wildman–Crippen MR) is 143 cm³/mol. The van der Waals surface area contributed by atoms with Gasteiger partial charge in [0.15, 0.2) is 11.0 Å². The fraction of sp³-hybridized carbons (Fsp3) is 0.321. The number of fused-ring (bicyclic) bond motifs is 1. The minimum absolute atomic E-state index is 0.190. The molecule has 38 heavy (non-hydrogen) atoms. The highest BCUT2D eigenvalue weighted by Crippen LogP contribution is 2.31. The molecule has 1 N–H and O–H groups in total. The van der Waals surface area contributed by atoms with Gasteiger partial charge in [0.25, 0.3) is 5.91 Å². The molecule has 1 aliphatic heterocycles. The van der Waals surface area contributed by atoms with Crippen LogP contribution in [0, 0.1) is 5.92 Å². The predicted octanol–water partition coefficient (Wildman–Crippen LogP) is 5.53. The Kier molecular flexibility index (Phi) is 6.87. The standard InChI is InChI=1S/C28H27N5O4S/c34-21-7-4-18(13-21)17-36-23-14-20(27(35)30-28-29-10-12-38-28)15-24(16-23)37-22-8-5-19(6-9-22)26-32-31-25-3-1-2-11-33(25)26/h5-6,8-10,12,14-16,18H,1-4,7,11,13,17H2,(H,29,30,35). The van der Waals surface area contributed by atoms with E-state index in [1.54, 1.807) is 29.8 Å². The number of hydrogen-bond donors (Lipinski definition) is 1. The molecule has 0 radical (unpaired) electrons. The summed E-state index contributed by atoms with van der Waals surface area (Å²) in [6, 6.07) is 12.8. The number of anilines is 1. The van der Waals surface area contributed by atoms with E-state index in [-0.39, 0.29) is 17.6 Å². The molecular formula is C28H27N5O4S. The molecule has 1 amide bonds. The van der Waals surface area contributed by atoms with E-state index in [1.165, 1.54) is 11.3 Å². The molecule has 4 aromatic rings. The lowest BCUT2D eigenvalue weighted by atomic mass is 10.1. The third-order valence-corrected chi connectivity index (χ3v) is 7.52. The first kappa shape index (κ1) is 24.3. The lowest BCUT2D eigenvalue weighted by molar-refractivity contribution is -0.117. The molecule has 2 aliphatic rings. The summed E-state index contributed by atoms with van der Waals surface area (Å²) in [5.74, 6) is 3.67. The quantitative estimate of drug-likeness (QED) is 0.320. The fourth-order valence-electron chi connectivity index (χ4n) is 4.88. The summed E-state index contributed by atoms with van der Waals surface area (Å²) < 4.78 is 14.4. The van der Waals surface area contributed by atoms with Gasteiger partial charge in [-0.1, -0.05) is 0 Å². The van der Waals surface area contributed by atoms with E-state index in [0.29, 0.717) is 47.4 Å². The number of nitrogens with zero attached hydrogens (tertiary/aromatic N) is 4. The highest BCUT2D eigenvalue weighted by Gasteiger charge is 2.23. The number of carbonyl (C=O) groups is 2. The van der Waals surface area contributed by atoms with Crippen LogP contribution in [0.2, 0.25) is 0 Å². The third kappa shape index (κ3) is 5.45. The molecule has 1 aliphatic carbocycles. The van der Waals surface area contributed by atoms with Crippen molar-refractivity contribution in [2.24, 2.45) is 5.92 Å². The summed E-state index contributed by atoms with van der Waals surface area (Å²) in [4.78, 5) is 28.7. The Labute approximate surface area is 223 Å². The van der Waals surface area contributed by atoms with Gasteiger partial charge in [-0.25, -0.2) is 4.98 Å². The summed E-state index contributed by atoms with van der Waals surface area (Å²) >= 11 is 1.34. The molecule has 1 unspecified atom stereocenters. The maximum Gasteiger partial charge on any atom is 0.257 e. The Morgan fingerprint density at radius 2 is 1.92 bits per heavy atom. The van der Waals surface area contributed by atoms with Crippen LogP contribution >= 0.6 is 11.3 Å². The van der Waals surface area contributed by atoms with Crippen molar-refractivity contribution < 1.29 is 19.1 Å². The van der Waals surface area contributed by atoms with E-state index in [0.717, 1.165) is 49.4 Å². The normalized spacial score (nSPS) is 16.7. The lowest BCUT2D eigenvalue weighted by Gasteiger charge is -2.15. The van der Waals surface area contributed by atoms with Crippen LogP contribution in [0.3, 0.4) is 0 Å². The van der Waals surface area contributed by atoms with Crippen molar-refractivity contribution in [2.45, 2.75) is 45.1 Å². The van der Waals surface area contributed by atoms with Gasteiger partial charge in [-0.3, -0.25) is 14.9 Å². The number of ether oxygens (including phenoxy) is 2. The molecule has 6 rings (SSSR count). The van der Waals surface area contributed by atoms with Crippen LogP contribution in [0.5, 0.6) is 17.2 Å². The number of carbonyl (C=O) groups excluding carboxylic acids is 2. The van der Waals surface area contributed by atoms with Crippen molar-refractivity contribution in [3.8, 4) is 28.6 Å². The van der Waals surface area contributed by atoms with Crippen LogP contribution in [-0.2, 0) is 17.8 Å². The topological polar surface area (TPSA) is 108 Å². The molecule has 2 aromatic heterocycles. The number of rotatable bonds is 8. The van der Waals surface area contributed by atoms with Crippen molar-refractivity contribution in [1.29, 1.82) is 0 Å². The summed E-state index contributed by atoms with van der Waals surface area (Å²) in [5.41, 5.74) is 1.37. The first-order valence-corrected chi connectivity index (χ1v) is 13.7. The zero-order valence-electron chi connectivity index (χ0n) is 20.8. The van der Waals surface area contributed by atoms with Crippen molar-refractivity contribution in [3.63, 3.8) is 0 Å². The molecule has 1 fully saturated rings. The van der Waals surface area contributed by atoms with Gasteiger partial charge in [-0.05, 0) is 55.7 Å². The van der Waals surface area contributed by atoms with Crippen molar-refractivity contribution >= 4 is 28.2 Å². The van der Waals surface area contributed by atoms with E-state index < -0.39 is 0 Å². The Bertz CT molecular complexity index is 1450. The summed E-state index contributed by atoms with van der Waals surface area (Å²) in [6.07, 6.45) is 6.84. The average molecular weight is 530 g/mol. The Morgan fingerprint density at radius 1 is 1.05 bits per heavy atom. The second kappa shape index (κ2) is 10.7. The summed E-state index contributed by atoms with van der Waals surface area (Å²) in [5, 5.41) is 13.9. The zero-order chi connectivity index (χ0) is 25.9. The zero-order valence-corrected chi connectivity index (χ0v) is 21.6. The van der Waals surface area contributed by atoms with Crippen LogP contribution in [0.1, 0.15) is 48.3 Å². The van der Waals surface area contributed by atoms with Crippen LogP contribution in [0.25, 0.3) is 11.4 Å². The first-order valence-electron chi connectivity index (χ1n) is 12.8. The molecule has 0 spiro atoms. The molecule has 1 saturated carbocycles. The molecular weight excluding hydrogens is 502 g/mol. The summed E-state index contributed by atoms with van der Waals surface area (Å²) in [6.45, 7) is 1.35. The molecule has 10 heteroatoms. The minimum atomic E-state index is -0.307. The van der Waals surface area contributed by atoms with E-state index in [1.807, 2.05) is 24.3 Å². The molecule has 0 bridgehead atoms. The van der Waals surface area contributed by atoms with Gasteiger partial charge in [0, 0.05) is 60.5 Å². The van der Waals surface area contributed by atoms with Gasteiger partial charge in [0.2, 0.25) is 0 Å². The molecule has 9 nitrogen and oxygen atoms in total. The first-order chi connectivity index (χ1) is 18.6. The van der Waals surface area contributed by atoms with Crippen molar-refractivity contribution in [3.05, 3.63) is 65.4 Å². The van der Waals surface area contributed by atoms with Gasteiger partial charge in [0.05, 0.1) is 6.61 Å². The number of aryl methyl sites for hydroxylation is 1. The highest BCUT2D eigenvalue weighted by molar-refractivity contribution is 7.13. The third-order valence-electron chi connectivity index (χ3n) is 6.84. The highest BCUT2D eigenvalue weighted by atomic mass is 32.1. The fourth-order valence-corrected chi connectivity index (χ4v) is 5.40. The number of nitrogens with one attached hydrogen (secondary N) is 1. The van der Waals surface area contributed by atoms with E-state index in [2.05, 4.69) is 25.1 Å². The largest absolute Gasteiger partial charge is 0.493 e. The van der Waals surface area contributed by atoms with Gasteiger partial charge in [-0.15, -0.1) is 21.5 Å². The lowest BCUT2D eigenvalue weighted by Crippen LogP contribution is -2.13. The number of ketones is 1. The van der Waals surface area contributed by atoms with E-state index >= 15 is 0 Å². The van der Waals surface area contributed by atoms with Crippen LogP contribution in [0.4, 0.5) is 5.13 Å². The van der Waals surface area contributed by atoms with Crippen LogP contribution in [0.15, 0.2) is 54.0 Å². The van der Waals surface area contributed by atoms with Crippen molar-refractivity contribution in [2.75, 3.05) is 11.9 Å². The Hall–Kier alpha value is -4.05. The molecule has 194 valence electrons. The van der Waals surface area contributed by atoms with Crippen LogP contribution < -0.4 is 14.8 Å². The van der Waals surface area contributed by atoms with Gasteiger partial charge < -0.3 is 14.0 Å². The second-order valence-corrected chi connectivity index (χ2v) is 10.5. The van der Waals surface area contributed by atoms with E-state index in [4.69, 9.17) is 9.47 Å². The maximum atomic E-state index is 13.0.